The number of fused-ring (bicyclic) bond motifs is 1. The van der Waals surface area contributed by atoms with Gasteiger partial charge in [-0.15, -0.1) is 0 Å². The number of aryl methyl sites for hydroxylation is 2. The van der Waals surface area contributed by atoms with Crippen LogP contribution < -0.4 is 22.1 Å². The van der Waals surface area contributed by atoms with Crippen molar-refractivity contribution in [1.82, 2.24) is 24.8 Å². The number of aromatic amines is 2. The number of carbonyl (C=O) groups excluding carboxylic acids is 1. The van der Waals surface area contributed by atoms with E-state index in [1.807, 2.05) is 0 Å². The molecule has 2 aromatic heterocycles. The molecule has 30 heavy (non-hydrogen) atoms. The zero-order valence-corrected chi connectivity index (χ0v) is 16.0. The fourth-order valence-corrected chi connectivity index (χ4v) is 2.94. The Balaban J connectivity index is 1.73. The number of amides is 1. The number of aromatic nitrogens is 4. The number of carbonyl (C=O) groups is 2. The molecule has 3 rings (SSSR count). The molecule has 1 aromatic carbocycles. The third-order valence-corrected chi connectivity index (χ3v) is 4.55. The van der Waals surface area contributed by atoms with Gasteiger partial charge in [-0.1, -0.05) is 30.3 Å². The van der Waals surface area contributed by atoms with E-state index in [4.69, 9.17) is 0 Å². The van der Waals surface area contributed by atoms with Crippen LogP contribution in [0.3, 0.4) is 0 Å². The molecule has 0 aliphatic heterocycles. The van der Waals surface area contributed by atoms with Crippen LogP contribution in [0.2, 0.25) is 0 Å². The first-order valence-corrected chi connectivity index (χ1v) is 9.04. The number of carboxylic acids is 1. The predicted molar refractivity (Wildman–Crippen MR) is 106 cm³/mol. The Hall–Kier alpha value is -4.02. The average Bonchev–Trinajstić information content (AvgIpc) is 2.71. The van der Waals surface area contributed by atoms with Gasteiger partial charge in [0.25, 0.3) is 11.1 Å². The van der Waals surface area contributed by atoms with Crippen molar-refractivity contribution in [3.8, 4) is 0 Å². The largest absolute Gasteiger partial charge is 0.480 e. The van der Waals surface area contributed by atoms with Crippen molar-refractivity contribution in [2.75, 3.05) is 0 Å². The second-order valence-electron chi connectivity index (χ2n) is 6.68. The second-order valence-corrected chi connectivity index (χ2v) is 6.68. The maximum atomic E-state index is 12.2. The van der Waals surface area contributed by atoms with Gasteiger partial charge in [-0.25, -0.2) is 14.6 Å². The molecule has 1 atom stereocenters. The summed E-state index contributed by atoms with van der Waals surface area (Å²) in [6, 6.07) is 7.72. The summed E-state index contributed by atoms with van der Waals surface area (Å²) in [6.45, 7) is 0. The molecule has 4 N–H and O–H groups in total. The van der Waals surface area contributed by atoms with Crippen LogP contribution in [0.5, 0.6) is 0 Å². The minimum Gasteiger partial charge on any atom is -0.480 e. The lowest BCUT2D eigenvalue weighted by molar-refractivity contribution is -0.141. The summed E-state index contributed by atoms with van der Waals surface area (Å²) in [6.07, 6.45) is -0.207. The van der Waals surface area contributed by atoms with Gasteiger partial charge in [0, 0.05) is 26.3 Å². The first-order chi connectivity index (χ1) is 14.3. The first-order valence-electron chi connectivity index (χ1n) is 9.04. The number of nitrogens with zero attached hydrogens (tertiary/aromatic N) is 2. The molecule has 0 bridgehead atoms. The standard InChI is InChI=1S/C19H19N5O6/c1-24-15-14(17(27)23-19(24)30)21-11(16(26)22-15)7-8-13(25)20-12(18(28)29)9-10-5-3-2-4-6-10/h2-6,12H,7-9H2,1H3,(H,20,25)(H,22,26)(H,28,29)(H,23,27,30)/t12-/m1/s1. The summed E-state index contributed by atoms with van der Waals surface area (Å²) in [5.74, 6) is -1.75. The van der Waals surface area contributed by atoms with Crippen LogP contribution in [0.1, 0.15) is 17.7 Å². The van der Waals surface area contributed by atoms with Gasteiger partial charge >= 0.3 is 11.7 Å². The first kappa shape index (κ1) is 20.7. The maximum absolute atomic E-state index is 12.2. The van der Waals surface area contributed by atoms with Crippen LogP contribution >= 0.6 is 0 Å². The average molecular weight is 413 g/mol. The van der Waals surface area contributed by atoms with Crippen molar-refractivity contribution in [3.63, 3.8) is 0 Å². The van der Waals surface area contributed by atoms with E-state index in [1.165, 1.54) is 7.05 Å². The number of hydrogen-bond acceptors (Lipinski definition) is 6. The van der Waals surface area contributed by atoms with E-state index in [0.29, 0.717) is 0 Å². The number of aliphatic carboxylic acids is 1. The van der Waals surface area contributed by atoms with E-state index >= 15 is 0 Å². The van der Waals surface area contributed by atoms with E-state index in [9.17, 15) is 29.1 Å². The van der Waals surface area contributed by atoms with Crippen molar-refractivity contribution in [1.29, 1.82) is 0 Å². The molecule has 3 aromatic rings. The summed E-state index contributed by atoms with van der Waals surface area (Å²) in [4.78, 5) is 68.0. The molecule has 11 heteroatoms. The monoisotopic (exact) mass is 413 g/mol. The molecule has 0 fully saturated rings. The summed E-state index contributed by atoms with van der Waals surface area (Å²) in [5, 5.41) is 11.8. The third-order valence-electron chi connectivity index (χ3n) is 4.55. The highest BCUT2D eigenvalue weighted by Gasteiger charge is 2.21. The van der Waals surface area contributed by atoms with Crippen molar-refractivity contribution in [3.05, 3.63) is 72.8 Å². The fraction of sp³-hybridized carbons (Fsp3) is 0.263. The minimum atomic E-state index is -1.18. The lowest BCUT2D eigenvalue weighted by Gasteiger charge is -2.14. The number of rotatable bonds is 7. The predicted octanol–water partition coefficient (Wildman–Crippen LogP) is -0.945. The molecule has 0 saturated carbocycles. The quantitative estimate of drug-likeness (QED) is 0.387. The highest BCUT2D eigenvalue weighted by Crippen LogP contribution is 2.05. The normalized spacial score (nSPS) is 11.9. The van der Waals surface area contributed by atoms with E-state index < -0.39 is 34.7 Å². The molecule has 0 spiro atoms. The molecular weight excluding hydrogens is 394 g/mol. The molecule has 1 amide bonds. The van der Waals surface area contributed by atoms with Crippen LogP contribution in [0.4, 0.5) is 0 Å². The van der Waals surface area contributed by atoms with Crippen molar-refractivity contribution in [2.45, 2.75) is 25.3 Å². The van der Waals surface area contributed by atoms with Crippen LogP contribution in [0.15, 0.2) is 44.7 Å². The van der Waals surface area contributed by atoms with Crippen LogP contribution in [0.25, 0.3) is 11.2 Å². The Labute approximate surface area is 168 Å². The maximum Gasteiger partial charge on any atom is 0.329 e. The molecule has 0 aliphatic rings. The molecule has 0 aliphatic carbocycles. The number of hydrogen-bond donors (Lipinski definition) is 4. The summed E-state index contributed by atoms with van der Waals surface area (Å²) >= 11 is 0. The number of carboxylic acid groups (broad SMARTS) is 1. The van der Waals surface area contributed by atoms with Gasteiger partial charge in [0.15, 0.2) is 5.52 Å². The fourth-order valence-electron chi connectivity index (χ4n) is 2.94. The van der Waals surface area contributed by atoms with Gasteiger partial charge in [0.05, 0.1) is 0 Å². The Kier molecular flexibility index (Phi) is 5.90. The topological polar surface area (TPSA) is 167 Å². The molecule has 0 saturated heterocycles. The Morgan fingerprint density at radius 3 is 2.50 bits per heavy atom. The Morgan fingerprint density at radius 2 is 1.83 bits per heavy atom. The highest BCUT2D eigenvalue weighted by atomic mass is 16.4. The zero-order valence-electron chi connectivity index (χ0n) is 16.0. The Bertz CT molecular complexity index is 1270. The van der Waals surface area contributed by atoms with Crippen molar-refractivity contribution < 1.29 is 14.7 Å². The van der Waals surface area contributed by atoms with Crippen LogP contribution in [0, 0.1) is 0 Å². The van der Waals surface area contributed by atoms with Crippen LogP contribution in [-0.4, -0.2) is 42.5 Å². The molecule has 0 unspecified atom stereocenters. The number of nitrogens with one attached hydrogen (secondary N) is 3. The smallest absolute Gasteiger partial charge is 0.329 e. The summed E-state index contributed by atoms with van der Waals surface area (Å²) in [5.41, 5.74) is -1.59. The molecule has 0 radical (unpaired) electrons. The SMILES string of the molecule is Cn1c(=O)[nH]c(=O)c2nc(CCC(=O)N[C@H](Cc3ccccc3)C(=O)O)c(=O)[nH]c21. The summed E-state index contributed by atoms with van der Waals surface area (Å²) in [7, 11) is 1.37. The van der Waals surface area contributed by atoms with Crippen molar-refractivity contribution >= 4 is 23.0 Å². The third kappa shape index (κ3) is 4.51. The van der Waals surface area contributed by atoms with Gasteiger partial charge < -0.3 is 15.4 Å². The molecule has 2 heterocycles. The van der Waals surface area contributed by atoms with Gasteiger partial charge in [-0.05, 0) is 5.56 Å². The lowest BCUT2D eigenvalue weighted by Crippen LogP contribution is -2.42. The lowest BCUT2D eigenvalue weighted by atomic mass is 10.1. The zero-order chi connectivity index (χ0) is 21.8. The van der Waals surface area contributed by atoms with E-state index in [0.717, 1.165) is 10.1 Å². The van der Waals surface area contributed by atoms with Gasteiger partial charge in [-0.2, -0.15) is 0 Å². The Morgan fingerprint density at radius 1 is 1.13 bits per heavy atom. The van der Waals surface area contributed by atoms with E-state index in [1.54, 1.807) is 30.3 Å². The molecule has 11 nitrogen and oxygen atoms in total. The van der Waals surface area contributed by atoms with Gasteiger partial charge in [0.2, 0.25) is 5.91 Å². The minimum absolute atomic E-state index is 0.0317. The number of H-pyrrole nitrogens is 2. The summed E-state index contributed by atoms with van der Waals surface area (Å²) < 4.78 is 1.04. The molecular formula is C19H19N5O6. The van der Waals surface area contributed by atoms with E-state index in [-0.39, 0.29) is 36.1 Å². The van der Waals surface area contributed by atoms with Crippen molar-refractivity contribution in [2.24, 2.45) is 7.05 Å². The van der Waals surface area contributed by atoms with Crippen LogP contribution in [-0.2, 0) is 29.5 Å². The second kappa shape index (κ2) is 8.55. The van der Waals surface area contributed by atoms with E-state index in [2.05, 4.69) is 20.3 Å². The number of benzene rings is 1. The molecule has 156 valence electrons. The highest BCUT2D eigenvalue weighted by molar-refractivity contribution is 5.83. The van der Waals surface area contributed by atoms with Gasteiger partial charge in [-0.3, -0.25) is 23.9 Å². The van der Waals surface area contributed by atoms with Gasteiger partial charge in [0.1, 0.15) is 17.4 Å².